The van der Waals surface area contributed by atoms with E-state index in [0.717, 1.165) is 67.5 Å². The van der Waals surface area contributed by atoms with Crippen LogP contribution in [0.3, 0.4) is 0 Å². The first-order valence-corrected chi connectivity index (χ1v) is 12.8. The van der Waals surface area contributed by atoms with Crippen molar-refractivity contribution in [2.75, 3.05) is 18.1 Å². The van der Waals surface area contributed by atoms with Gasteiger partial charge in [-0.25, -0.2) is 4.79 Å². The third-order valence-electron chi connectivity index (χ3n) is 6.11. The van der Waals surface area contributed by atoms with E-state index in [0.29, 0.717) is 11.3 Å². The predicted octanol–water partition coefficient (Wildman–Crippen LogP) is 5.03. The lowest BCUT2D eigenvalue weighted by Gasteiger charge is -2.25. The highest BCUT2D eigenvalue weighted by Gasteiger charge is 2.31. The van der Waals surface area contributed by atoms with Crippen LogP contribution in [0.5, 0.6) is 0 Å². The number of nitrogens with zero attached hydrogens (tertiary/aromatic N) is 1. The molecule has 1 fully saturated rings. The Morgan fingerprint density at radius 1 is 1.18 bits per heavy atom. The molecule has 180 valence electrons. The number of thiophene rings is 1. The van der Waals surface area contributed by atoms with Crippen LogP contribution >= 0.6 is 11.3 Å². The second-order valence-electron chi connectivity index (χ2n) is 8.58. The summed E-state index contributed by atoms with van der Waals surface area (Å²) < 4.78 is 4.96. The number of amides is 1. The summed E-state index contributed by atoms with van der Waals surface area (Å²) in [5.41, 5.74) is 1.81. The van der Waals surface area contributed by atoms with Crippen molar-refractivity contribution in [3.05, 3.63) is 51.7 Å². The molecule has 1 aromatic carbocycles. The van der Waals surface area contributed by atoms with Crippen molar-refractivity contribution in [2.45, 2.75) is 76.9 Å². The van der Waals surface area contributed by atoms with E-state index >= 15 is 0 Å². The van der Waals surface area contributed by atoms with Crippen LogP contribution in [0.1, 0.15) is 84.5 Å². The van der Waals surface area contributed by atoms with Crippen molar-refractivity contribution < 1.29 is 24.5 Å². The van der Waals surface area contributed by atoms with E-state index in [1.165, 1.54) is 11.3 Å². The number of hydrogen-bond donors (Lipinski definition) is 2. The maximum absolute atomic E-state index is 12.6. The molecule has 0 saturated carbocycles. The number of carbonyl (C=O) groups excluding carboxylic acids is 2. The minimum atomic E-state index is -0.452. The molecule has 1 saturated heterocycles. The van der Waals surface area contributed by atoms with Gasteiger partial charge in [0.2, 0.25) is 5.91 Å². The average Bonchev–Trinajstić information content (AvgIpc) is 3.44. The number of aliphatic hydroxyl groups excluding tert-OH is 2. The molecular formula is C26H35NO5S. The minimum Gasteiger partial charge on any atom is -0.459 e. The summed E-state index contributed by atoms with van der Waals surface area (Å²) in [6.07, 6.45) is 7.67. The molecule has 2 atom stereocenters. The van der Waals surface area contributed by atoms with Crippen LogP contribution in [0.4, 0.5) is 5.69 Å². The van der Waals surface area contributed by atoms with Gasteiger partial charge in [-0.1, -0.05) is 38.3 Å². The van der Waals surface area contributed by atoms with E-state index in [1.54, 1.807) is 6.07 Å². The molecule has 0 aliphatic carbocycles. The highest BCUT2D eigenvalue weighted by molar-refractivity contribution is 7.13. The number of unbranched alkanes of at least 4 members (excludes halogenated alkanes) is 2. The molecular weight excluding hydrogens is 438 g/mol. The van der Waals surface area contributed by atoms with E-state index in [-0.39, 0.29) is 25.2 Å². The number of rotatable bonds is 13. The Bertz CT molecular complexity index is 894. The Hall–Kier alpha value is -2.22. The third kappa shape index (κ3) is 7.13. The smallest absolute Gasteiger partial charge is 0.348 e. The SMILES string of the molecule is CCCCC[C@H](O)c1ccc(N2C(=O)CC[C@@H]2CCCc2ccc(C(=O)OCCO)s2)cc1. The lowest BCUT2D eigenvalue weighted by atomic mass is 10.0. The standard InChI is InChI=1S/C26H35NO5S/c1-2-3-4-8-23(29)19-9-11-21(12-10-19)27-20(13-16-25(27)30)6-5-7-22-14-15-24(33-22)26(31)32-18-17-28/h9-12,14-15,20,23,28-29H,2-8,13,16-18H2,1H3/t20-,23-/m0/s1. The first-order chi connectivity index (χ1) is 16.0. The van der Waals surface area contributed by atoms with Crippen LogP contribution in [-0.4, -0.2) is 41.3 Å². The number of anilines is 1. The zero-order valence-corrected chi connectivity index (χ0v) is 20.2. The van der Waals surface area contributed by atoms with E-state index in [2.05, 4.69) is 6.92 Å². The fraction of sp³-hybridized carbons (Fsp3) is 0.538. The Morgan fingerprint density at radius 2 is 1.97 bits per heavy atom. The molecule has 0 unspecified atom stereocenters. The van der Waals surface area contributed by atoms with E-state index in [1.807, 2.05) is 35.2 Å². The van der Waals surface area contributed by atoms with E-state index in [4.69, 9.17) is 9.84 Å². The average molecular weight is 474 g/mol. The van der Waals surface area contributed by atoms with Gasteiger partial charge in [0.05, 0.1) is 12.7 Å². The van der Waals surface area contributed by atoms with Crippen molar-refractivity contribution in [3.8, 4) is 0 Å². The predicted molar refractivity (Wildman–Crippen MR) is 131 cm³/mol. The fourth-order valence-corrected chi connectivity index (χ4v) is 5.27. The Balaban J connectivity index is 1.53. The van der Waals surface area contributed by atoms with Gasteiger partial charge in [0.25, 0.3) is 0 Å². The lowest BCUT2D eigenvalue weighted by Crippen LogP contribution is -2.32. The molecule has 1 aliphatic rings. The van der Waals surface area contributed by atoms with Gasteiger partial charge >= 0.3 is 5.97 Å². The number of aliphatic hydroxyl groups is 2. The van der Waals surface area contributed by atoms with Crippen LogP contribution in [0.2, 0.25) is 0 Å². The number of benzene rings is 1. The van der Waals surface area contributed by atoms with Crippen LogP contribution in [0, 0.1) is 0 Å². The van der Waals surface area contributed by atoms with Gasteiger partial charge in [0, 0.05) is 23.0 Å². The van der Waals surface area contributed by atoms with Crippen molar-refractivity contribution >= 4 is 28.9 Å². The molecule has 0 spiro atoms. The third-order valence-corrected chi connectivity index (χ3v) is 7.24. The van der Waals surface area contributed by atoms with Gasteiger partial charge in [0.1, 0.15) is 11.5 Å². The van der Waals surface area contributed by atoms with Crippen LogP contribution in [-0.2, 0) is 16.0 Å². The molecule has 0 bridgehead atoms. The van der Waals surface area contributed by atoms with Gasteiger partial charge in [-0.3, -0.25) is 4.79 Å². The molecule has 0 radical (unpaired) electrons. The van der Waals surface area contributed by atoms with Gasteiger partial charge < -0.3 is 19.8 Å². The Labute approximate surface area is 200 Å². The zero-order valence-electron chi connectivity index (χ0n) is 19.4. The summed E-state index contributed by atoms with van der Waals surface area (Å²) in [5.74, 6) is -0.243. The van der Waals surface area contributed by atoms with E-state index in [9.17, 15) is 14.7 Å². The second-order valence-corrected chi connectivity index (χ2v) is 9.75. The Kier molecular flexibility index (Phi) is 9.91. The normalized spacial score (nSPS) is 16.9. The molecule has 7 heteroatoms. The van der Waals surface area contributed by atoms with Gasteiger partial charge in [0.15, 0.2) is 0 Å². The van der Waals surface area contributed by atoms with Crippen molar-refractivity contribution in [2.24, 2.45) is 0 Å². The summed E-state index contributed by atoms with van der Waals surface area (Å²) in [5, 5.41) is 19.2. The highest BCUT2D eigenvalue weighted by atomic mass is 32.1. The van der Waals surface area contributed by atoms with Gasteiger partial charge in [-0.15, -0.1) is 11.3 Å². The van der Waals surface area contributed by atoms with Crippen molar-refractivity contribution in [1.82, 2.24) is 0 Å². The molecule has 33 heavy (non-hydrogen) atoms. The largest absolute Gasteiger partial charge is 0.459 e. The first-order valence-electron chi connectivity index (χ1n) is 12.0. The van der Waals surface area contributed by atoms with Crippen LogP contribution in [0.15, 0.2) is 36.4 Å². The van der Waals surface area contributed by atoms with Crippen molar-refractivity contribution in [3.63, 3.8) is 0 Å². The van der Waals surface area contributed by atoms with E-state index < -0.39 is 12.1 Å². The topological polar surface area (TPSA) is 87.1 Å². The minimum absolute atomic E-state index is 0.0103. The Morgan fingerprint density at radius 3 is 2.70 bits per heavy atom. The monoisotopic (exact) mass is 473 g/mol. The summed E-state index contributed by atoms with van der Waals surface area (Å²) in [7, 11) is 0. The van der Waals surface area contributed by atoms with Gasteiger partial charge in [-0.05, 0) is 61.9 Å². The van der Waals surface area contributed by atoms with Crippen molar-refractivity contribution in [1.29, 1.82) is 0 Å². The second kappa shape index (κ2) is 12.9. The molecule has 2 N–H and O–H groups in total. The quantitative estimate of drug-likeness (QED) is 0.315. The number of ether oxygens (including phenoxy) is 1. The number of esters is 1. The highest BCUT2D eigenvalue weighted by Crippen LogP contribution is 2.31. The first kappa shape index (κ1) is 25.4. The maximum Gasteiger partial charge on any atom is 0.348 e. The summed E-state index contributed by atoms with van der Waals surface area (Å²) in [6, 6.07) is 11.7. The summed E-state index contributed by atoms with van der Waals surface area (Å²) in [6.45, 7) is 1.98. The molecule has 2 aromatic rings. The van der Waals surface area contributed by atoms with Gasteiger partial charge in [-0.2, -0.15) is 0 Å². The van der Waals surface area contributed by atoms with Crippen LogP contribution in [0.25, 0.3) is 0 Å². The summed E-state index contributed by atoms with van der Waals surface area (Å²) >= 11 is 1.42. The number of aryl methyl sites for hydroxylation is 1. The summed E-state index contributed by atoms with van der Waals surface area (Å²) in [4.78, 5) is 28.0. The molecule has 1 amide bonds. The lowest BCUT2D eigenvalue weighted by molar-refractivity contribution is -0.117. The maximum atomic E-state index is 12.6. The number of carbonyl (C=O) groups is 2. The zero-order chi connectivity index (χ0) is 23.6. The fourth-order valence-electron chi connectivity index (χ4n) is 4.33. The molecule has 2 heterocycles. The molecule has 6 nitrogen and oxygen atoms in total. The molecule has 1 aliphatic heterocycles. The van der Waals surface area contributed by atoms with Crippen LogP contribution < -0.4 is 4.90 Å². The molecule has 1 aromatic heterocycles. The molecule has 3 rings (SSSR count). The number of hydrogen-bond acceptors (Lipinski definition) is 6.